The summed E-state index contributed by atoms with van der Waals surface area (Å²) in [6.07, 6.45) is 5.27. The number of anilines is 1. The lowest BCUT2D eigenvalue weighted by Crippen LogP contribution is -2.02. The average Bonchev–Trinajstić information content (AvgIpc) is 3.10. The Morgan fingerprint density at radius 3 is 2.67 bits per heavy atom. The normalized spacial score (nSPS) is 20.3. The Morgan fingerprint density at radius 2 is 2.00 bits per heavy atom. The van der Waals surface area contributed by atoms with Crippen molar-refractivity contribution in [1.29, 1.82) is 0 Å². The van der Waals surface area contributed by atoms with E-state index in [2.05, 4.69) is 6.07 Å². The van der Waals surface area contributed by atoms with Crippen LogP contribution < -0.4 is 10.5 Å². The zero-order valence-corrected chi connectivity index (χ0v) is 8.91. The summed E-state index contributed by atoms with van der Waals surface area (Å²) in [5.74, 6) is 2.59. The van der Waals surface area contributed by atoms with Crippen LogP contribution in [0.5, 0.6) is 5.75 Å². The van der Waals surface area contributed by atoms with E-state index in [1.807, 2.05) is 12.1 Å². The first kappa shape index (κ1) is 9.08. The molecule has 2 nitrogen and oxygen atoms in total. The van der Waals surface area contributed by atoms with Gasteiger partial charge in [0, 0.05) is 5.69 Å². The third-order valence-electron chi connectivity index (χ3n) is 3.22. The van der Waals surface area contributed by atoms with E-state index < -0.39 is 0 Å². The van der Waals surface area contributed by atoms with Gasteiger partial charge in [0.05, 0.1) is 6.61 Å². The average molecular weight is 203 g/mol. The number of ether oxygens (including phenoxy) is 1. The molecule has 15 heavy (non-hydrogen) atoms. The van der Waals surface area contributed by atoms with E-state index in [0.29, 0.717) is 5.92 Å². The predicted octanol–water partition coefficient (Wildman–Crippen LogP) is 2.94. The van der Waals surface area contributed by atoms with Crippen molar-refractivity contribution >= 4 is 5.69 Å². The Bertz CT molecular complexity index is 367. The van der Waals surface area contributed by atoms with Crippen molar-refractivity contribution < 1.29 is 4.74 Å². The van der Waals surface area contributed by atoms with Crippen molar-refractivity contribution in [2.45, 2.75) is 31.6 Å². The quantitative estimate of drug-likeness (QED) is 0.763. The van der Waals surface area contributed by atoms with E-state index in [0.717, 1.165) is 24.0 Å². The highest BCUT2D eigenvalue weighted by molar-refractivity contribution is 5.50. The Morgan fingerprint density at radius 1 is 1.20 bits per heavy atom. The molecule has 80 valence electrons. The highest BCUT2D eigenvalue weighted by atomic mass is 16.5. The molecule has 0 amide bonds. The predicted molar refractivity (Wildman–Crippen MR) is 61.0 cm³/mol. The molecular weight excluding hydrogens is 186 g/mol. The fourth-order valence-electron chi connectivity index (χ4n) is 1.90. The number of hydrogen-bond donors (Lipinski definition) is 1. The molecule has 1 aromatic rings. The van der Waals surface area contributed by atoms with Gasteiger partial charge in [0.25, 0.3) is 0 Å². The Hall–Kier alpha value is -1.18. The Balaban J connectivity index is 1.77. The van der Waals surface area contributed by atoms with Crippen molar-refractivity contribution in [3.05, 3.63) is 23.8 Å². The van der Waals surface area contributed by atoms with E-state index in [1.54, 1.807) is 0 Å². The Labute approximate surface area is 90.4 Å². The topological polar surface area (TPSA) is 35.2 Å². The third kappa shape index (κ3) is 2.09. The standard InChI is InChI=1S/C13H17NO/c14-11-5-6-13(15-8-9-1-2-9)12(7-11)10-3-4-10/h5-7,9-10H,1-4,8,14H2. The molecule has 2 aliphatic rings. The summed E-state index contributed by atoms with van der Waals surface area (Å²) in [4.78, 5) is 0. The first-order valence-corrected chi connectivity index (χ1v) is 5.85. The third-order valence-corrected chi connectivity index (χ3v) is 3.22. The summed E-state index contributed by atoms with van der Waals surface area (Å²) in [6.45, 7) is 0.892. The molecule has 2 aliphatic carbocycles. The van der Waals surface area contributed by atoms with Crippen molar-refractivity contribution in [3.8, 4) is 5.75 Å². The number of nitrogen functional groups attached to an aromatic ring is 1. The number of nitrogens with two attached hydrogens (primary N) is 1. The van der Waals surface area contributed by atoms with E-state index >= 15 is 0 Å². The van der Waals surface area contributed by atoms with Crippen LogP contribution in [0, 0.1) is 5.92 Å². The highest BCUT2D eigenvalue weighted by Gasteiger charge is 2.28. The monoisotopic (exact) mass is 203 g/mol. The molecule has 2 fully saturated rings. The molecule has 0 heterocycles. The lowest BCUT2D eigenvalue weighted by Gasteiger charge is -2.11. The lowest BCUT2D eigenvalue weighted by molar-refractivity contribution is 0.297. The van der Waals surface area contributed by atoms with Gasteiger partial charge in [-0.1, -0.05) is 0 Å². The molecule has 0 bridgehead atoms. The van der Waals surface area contributed by atoms with Crippen molar-refractivity contribution in [3.63, 3.8) is 0 Å². The van der Waals surface area contributed by atoms with Crippen LogP contribution >= 0.6 is 0 Å². The largest absolute Gasteiger partial charge is 0.493 e. The van der Waals surface area contributed by atoms with Crippen molar-refractivity contribution in [1.82, 2.24) is 0 Å². The lowest BCUT2D eigenvalue weighted by atomic mass is 10.1. The van der Waals surface area contributed by atoms with Crippen LogP contribution in [0.1, 0.15) is 37.2 Å². The number of hydrogen-bond acceptors (Lipinski definition) is 2. The van der Waals surface area contributed by atoms with Gasteiger partial charge in [-0.05, 0) is 61.3 Å². The molecule has 0 unspecified atom stereocenters. The molecule has 2 heteroatoms. The van der Waals surface area contributed by atoms with E-state index in [4.69, 9.17) is 10.5 Å². The maximum atomic E-state index is 5.86. The van der Waals surface area contributed by atoms with Gasteiger partial charge in [0.2, 0.25) is 0 Å². The summed E-state index contributed by atoms with van der Waals surface area (Å²) in [5.41, 5.74) is 7.99. The van der Waals surface area contributed by atoms with Crippen LogP contribution in [0.25, 0.3) is 0 Å². The maximum absolute atomic E-state index is 5.86. The van der Waals surface area contributed by atoms with Crippen molar-refractivity contribution in [2.24, 2.45) is 5.92 Å². The van der Waals surface area contributed by atoms with E-state index in [9.17, 15) is 0 Å². The Kier molecular flexibility index (Phi) is 2.08. The van der Waals surface area contributed by atoms with Gasteiger partial charge in [-0.2, -0.15) is 0 Å². The van der Waals surface area contributed by atoms with Gasteiger partial charge in [0.15, 0.2) is 0 Å². The van der Waals surface area contributed by atoms with Gasteiger partial charge in [-0.25, -0.2) is 0 Å². The molecule has 0 atom stereocenters. The fourth-order valence-corrected chi connectivity index (χ4v) is 1.90. The zero-order chi connectivity index (χ0) is 10.3. The molecule has 2 N–H and O–H groups in total. The van der Waals surface area contributed by atoms with Gasteiger partial charge in [-0.3, -0.25) is 0 Å². The molecule has 0 saturated heterocycles. The highest BCUT2D eigenvalue weighted by Crippen LogP contribution is 2.45. The zero-order valence-electron chi connectivity index (χ0n) is 8.91. The van der Waals surface area contributed by atoms with Crippen molar-refractivity contribution in [2.75, 3.05) is 12.3 Å². The van der Waals surface area contributed by atoms with Crippen LogP contribution in [0.3, 0.4) is 0 Å². The minimum absolute atomic E-state index is 0.711. The fraction of sp³-hybridized carbons (Fsp3) is 0.538. The van der Waals surface area contributed by atoms with E-state index in [1.165, 1.54) is 31.2 Å². The molecule has 2 saturated carbocycles. The van der Waals surface area contributed by atoms with Crippen LogP contribution in [0.15, 0.2) is 18.2 Å². The second-order valence-electron chi connectivity index (χ2n) is 4.83. The molecule has 0 aliphatic heterocycles. The van der Waals surface area contributed by atoms with E-state index in [-0.39, 0.29) is 0 Å². The van der Waals surface area contributed by atoms with Crippen LogP contribution in [-0.2, 0) is 0 Å². The molecule has 3 rings (SSSR count). The first-order chi connectivity index (χ1) is 7.33. The summed E-state index contributed by atoms with van der Waals surface area (Å²) in [5, 5.41) is 0. The van der Waals surface area contributed by atoms with Gasteiger partial charge < -0.3 is 10.5 Å². The summed E-state index contributed by atoms with van der Waals surface area (Å²) >= 11 is 0. The van der Waals surface area contributed by atoms with Gasteiger partial charge in [-0.15, -0.1) is 0 Å². The summed E-state index contributed by atoms with van der Waals surface area (Å²) in [7, 11) is 0. The molecule has 0 radical (unpaired) electrons. The first-order valence-electron chi connectivity index (χ1n) is 5.85. The van der Waals surface area contributed by atoms with Gasteiger partial charge >= 0.3 is 0 Å². The maximum Gasteiger partial charge on any atom is 0.122 e. The van der Waals surface area contributed by atoms with Crippen LogP contribution in [0.2, 0.25) is 0 Å². The minimum Gasteiger partial charge on any atom is -0.493 e. The smallest absolute Gasteiger partial charge is 0.122 e. The van der Waals surface area contributed by atoms with Gasteiger partial charge in [0.1, 0.15) is 5.75 Å². The molecule has 0 spiro atoms. The summed E-state index contributed by atoms with van der Waals surface area (Å²) in [6, 6.07) is 6.05. The second-order valence-corrected chi connectivity index (χ2v) is 4.83. The minimum atomic E-state index is 0.711. The van der Waals surface area contributed by atoms with Crippen LogP contribution in [-0.4, -0.2) is 6.61 Å². The summed E-state index contributed by atoms with van der Waals surface area (Å²) < 4.78 is 5.86. The second kappa shape index (κ2) is 3.44. The molecular formula is C13H17NO. The SMILES string of the molecule is Nc1ccc(OCC2CC2)c(C2CC2)c1. The van der Waals surface area contributed by atoms with Crippen LogP contribution in [0.4, 0.5) is 5.69 Å². The molecule has 0 aromatic heterocycles. The number of benzene rings is 1. The molecule has 1 aromatic carbocycles. The number of rotatable bonds is 4.